The molecule has 3 N–H and O–H groups in total. The van der Waals surface area contributed by atoms with Gasteiger partial charge in [0, 0.05) is 31.9 Å². The first-order chi connectivity index (χ1) is 30.3. The molecule has 3 fully saturated rings. The minimum Gasteiger partial charge on any atom is -0.378 e. The minimum atomic E-state index is -0.831. The molecule has 9 rings (SSSR count). The first-order valence-electron chi connectivity index (χ1n) is 21.3. The number of benzene rings is 4. The molecule has 14 heteroatoms. The van der Waals surface area contributed by atoms with Crippen LogP contribution in [0.25, 0.3) is 33.6 Å². The Bertz CT molecular complexity index is 2470. The predicted molar refractivity (Wildman–Crippen MR) is 241 cm³/mol. The molecule has 4 atom stereocenters. The summed E-state index contributed by atoms with van der Waals surface area (Å²) in [6, 6.07) is 34.6. The van der Waals surface area contributed by atoms with Crippen LogP contribution in [0.5, 0.6) is 0 Å². The molecule has 5 heterocycles. The number of rotatable bonds is 11. The van der Waals surface area contributed by atoms with Crippen molar-refractivity contribution in [1.29, 1.82) is 0 Å². The maximum atomic E-state index is 14.3. The Labute approximate surface area is 365 Å². The van der Waals surface area contributed by atoms with Crippen molar-refractivity contribution in [1.82, 2.24) is 44.9 Å². The Morgan fingerprint density at radius 3 is 1.87 bits per heavy atom. The van der Waals surface area contributed by atoms with E-state index in [1.807, 2.05) is 102 Å². The molecule has 0 saturated carbocycles. The van der Waals surface area contributed by atoms with Crippen LogP contribution >= 0.6 is 11.8 Å². The number of aromatic amines is 2. The zero-order chi connectivity index (χ0) is 42.6. The lowest BCUT2D eigenvalue weighted by atomic mass is 10.0. The van der Waals surface area contributed by atoms with Crippen LogP contribution in [0, 0.1) is 0 Å². The van der Waals surface area contributed by atoms with E-state index in [-0.39, 0.29) is 35.3 Å². The summed E-state index contributed by atoms with van der Waals surface area (Å²) in [5.74, 6) is 2.19. The van der Waals surface area contributed by atoms with Gasteiger partial charge in [-0.15, -0.1) is 11.8 Å². The molecule has 4 aromatic carbocycles. The second-order valence-corrected chi connectivity index (χ2v) is 17.3. The molecular formula is C48H51N9O4S. The summed E-state index contributed by atoms with van der Waals surface area (Å²) in [4.78, 5) is 65.5. The third kappa shape index (κ3) is 8.63. The molecule has 3 aliphatic heterocycles. The number of carbonyl (C=O) groups is 3. The van der Waals surface area contributed by atoms with Crippen LogP contribution in [0.4, 0.5) is 4.79 Å². The molecule has 4 unspecified atom stereocenters. The standard InChI is InChI=1S/C48H51N9O4S/c1-54(2)42(37-12-7-4-8-13-37)46(59)56-23-9-14-40(56)43-49-30-38(51-43)34-19-15-32(16-20-34)33-17-21-35(22-18-33)39-31-50-44(52-39)47-57(26-29-62-47)45(58)41(36-10-5-3-6-11-36)53-48(60)55-24-27-61-28-25-55/h3-8,10-13,15-22,30-31,40-42,47H,9,14,23-29H2,1-2H3,(H,49,51)(H,50,52)(H,53,60). The second-order valence-electron chi connectivity index (χ2n) is 16.1. The SMILES string of the molecule is CN(C)C(C(=O)N1CCCC1c1ncc(-c2ccc(-c3ccc(-c4cnc(C5SCCN5C(=O)C(NC(=O)N5CCOCC5)c5ccccc5)[nH]4)cc3)cc2)[nH]1)c1ccccc1. The number of ether oxygens (including phenoxy) is 1. The average Bonchev–Trinajstić information content (AvgIpc) is 4.17. The largest absolute Gasteiger partial charge is 0.378 e. The number of aromatic nitrogens is 4. The molecular weight excluding hydrogens is 799 g/mol. The topological polar surface area (TPSA) is 143 Å². The fourth-order valence-corrected chi connectivity index (χ4v) is 9.91. The van der Waals surface area contributed by atoms with Crippen molar-refractivity contribution in [3.8, 4) is 33.6 Å². The van der Waals surface area contributed by atoms with Gasteiger partial charge in [0.15, 0.2) is 0 Å². The van der Waals surface area contributed by atoms with E-state index in [4.69, 9.17) is 14.7 Å². The molecule has 318 valence electrons. The van der Waals surface area contributed by atoms with Crippen molar-refractivity contribution in [2.45, 2.75) is 36.3 Å². The van der Waals surface area contributed by atoms with Gasteiger partial charge < -0.3 is 34.7 Å². The number of H-pyrrole nitrogens is 2. The quantitative estimate of drug-likeness (QED) is 0.122. The smallest absolute Gasteiger partial charge is 0.318 e. The van der Waals surface area contributed by atoms with Gasteiger partial charge in [0.1, 0.15) is 29.1 Å². The van der Waals surface area contributed by atoms with Gasteiger partial charge >= 0.3 is 6.03 Å². The van der Waals surface area contributed by atoms with Crippen molar-refractivity contribution < 1.29 is 19.1 Å². The van der Waals surface area contributed by atoms with E-state index in [9.17, 15) is 14.4 Å². The summed E-state index contributed by atoms with van der Waals surface area (Å²) < 4.78 is 5.42. The van der Waals surface area contributed by atoms with Crippen LogP contribution in [0.2, 0.25) is 0 Å². The van der Waals surface area contributed by atoms with E-state index in [2.05, 4.69) is 63.8 Å². The first kappa shape index (κ1) is 41.1. The third-order valence-electron chi connectivity index (χ3n) is 12.0. The van der Waals surface area contributed by atoms with Crippen LogP contribution in [0.15, 0.2) is 122 Å². The zero-order valence-electron chi connectivity index (χ0n) is 34.9. The minimum absolute atomic E-state index is 0.0942. The molecule has 0 aliphatic carbocycles. The van der Waals surface area contributed by atoms with E-state index in [1.54, 1.807) is 16.7 Å². The lowest BCUT2D eigenvalue weighted by molar-refractivity contribution is -0.137. The Hall–Kier alpha value is -6.22. The highest BCUT2D eigenvalue weighted by atomic mass is 32.2. The number of urea groups is 1. The van der Waals surface area contributed by atoms with Gasteiger partial charge in [-0.05, 0) is 60.3 Å². The van der Waals surface area contributed by atoms with Gasteiger partial charge in [0.25, 0.3) is 5.91 Å². The Morgan fingerprint density at radius 2 is 1.26 bits per heavy atom. The van der Waals surface area contributed by atoms with Gasteiger partial charge in [0.05, 0.1) is 43.0 Å². The lowest BCUT2D eigenvalue weighted by Crippen LogP contribution is -2.50. The molecule has 6 aromatic rings. The highest BCUT2D eigenvalue weighted by Crippen LogP contribution is 2.40. The zero-order valence-corrected chi connectivity index (χ0v) is 35.8. The van der Waals surface area contributed by atoms with Gasteiger partial charge in [-0.25, -0.2) is 14.8 Å². The van der Waals surface area contributed by atoms with Gasteiger partial charge in [-0.1, -0.05) is 109 Å². The van der Waals surface area contributed by atoms with Crippen LogP contribution in [-0.2, 0) is 14.3 Å². The number of likely N-dealkylation sites (N-methyl/N-ethyl adjacent to an activating group) is 1. The van der Waals surface area contributed by atoms with Crippen LogP contribution in [-0.4, -0.2) is 117 Å². The van der Waals surface area contributed by atoms with Crippen LogP contribution < -0.4 is 5.32 Å². The molecule has 13 nitrogen and oxygen atoms in total. The Morgan fingerprint density at radius 1 is 0.694 bits per heavy atom. The predicted octanol–water partition coefficient (Wildman–Crippen LogP) is 7.46. The summed E-state index contributed by atoms with van der Waals surface area (Å²) in [6.07, 6.45) is 5.49. The number of hydrogen-bond donors (Lipinski definition) is 3. The van der Waals surface area contributed by atoms with Crippen molar-refractivity contribution in [3.05, 3.63) is 144 Å². The summed E-state index contributed by atoms with van der Waals surface area (Å²) in [5.41, 5.74) is 7.66. The molecule has 0 spiro atoms. The normalized spacial score (nSPS) is 18.9. The van der Waals surface area contributed by atoms with Crippen LogP contribution in [0.1, 0.15) is 59.1 Å². The molecule has 62 heavy (non-hydrogen) atoms. The number of imidazole rings is 2. The van der Waals surface area contributed by atoms with E-state index in [0.717, 1.165) is 69.2 Å². The summed E-state index contributed by atoms with van der Waals surface area (Å²) >= 11 is 1.66. The number of nitrogens with zero attached hydrogens (tertiary/aromatic N) is 6. The number of thioether (sulfide) groups is 1. The summed E-state index contributed by atoms with van der Waals surface area (Å²) in [7, 11) is 3.91. The number of amides is 4. The monoisotopic (exact) mass is 849 g/mol. The van der Waals surface area contributed by atoms with Crippen molar-refractivity contribution in [3.63, 3.8) is 0 Å². The van der Waals surface area contributed by atoms with Crippen molar-refractivity contribution in [2.24, 2.45) is 0 Å². The van der Waals surface area contributed by atoms with E-state index in [1.165, 1.54) is 0 Å². The number of carbonyl (C=O) groups excluding carboxylic acids is 3. The molecule has 3 aliphatic rings. The van der Waals surface area contributed by atoms with E-state index in [0.29, 0.717) is 45.2 Å². The van der Waals surface area contributed by atoms with Gasteiger partial charge in [-0.3, -0.25) is 14.5 Å². The number of morpholine rings is 1. The number of likely N-dealkylation sites (tertiary alicyclic amines) is 1. The average molecular weight is 850 g/mol. The maximum absolute atomic E-state index is 14.3. The second kappa shape index (κ2) is 18.4. The highest BCUT2D eigenvalue weighted by Gasteiger charge is 2.39. The molecule has 0 radical (unpaired) electrons. The van der Waals surface area contributed by atoms with E-state index < -0.39 is 6.04 Å². The van der Waals surface area contributed by atoms with Gasteiger partial charge in [-0.2, -0.15) is 0 Å². The lowest BCUT2D eigenvalue weighted by Gasteiger charge is -2.31. The maximum Gasteiger partial charge on any atom is 0.318 e. The Balaban J connectivity index is 0.855. The number of nitrogens with one attached hydrogen (secondary N) is 3. The summed E-state index contributed by atoms with van der Waals surface area (Å²) in [5, 5.41) is 2.70. The van der Waals surface area contributed by atoms with Crippen molar-refractivity contribution in [2.75, 3.05) is 59.2 Å². The molecule has 2 aromatic heterocycles. The first-order valence-corrected chi connectivity index (χ1v) is 22.3. The molecule has 3 saturated heterocycles. The number of hydrogen-bond acceptors (Lipinski definition) is 8. The van der Waals surface area contributed by atoms with Gasteiger partial charge in [0.2, 0.25) is 5.91 Å². The molecule has 0 bridgehead atoms. The highest BCUT2D eigenvalue weighted by molar-refractivity contribution is 7.99. The summed E-state index contributed by atoms with van der Waals surface area (Å²) in [6.45, 7) is 3.18. The van der Waals surface area contributed by atoms with E-state index >= 15 is 0 Å². The molecule has 4 amide bonds. The Kier molecular flexibility index (Phi) is 12.2. The third-order valence-corrected chi connectivity index (χ3v) is 13.2. The fraction of sp³-hybridized carbons (Fsp3) is 0.312. The van der Waals surface area contributed by atoms with Crippen LogP contribution in [0.3, 0.4) is 0 Å². The fourth-order valence-electron chi connectivity index (χ4n) is 8.72. The van der Waals surface area contributed by atoms with Crippen molar-refractivity contribution >= 4 is 29.6 Å².